The van der Waals surface area contributed by atoms with Crippen LogP contribution >= 0.6 is 0 Å². The van der Waals surface area contributed by atoms with Crippen molar-refractivity contribution in [1.29, 1.82) is 0 Å². The van der Waals surface area contributed by atoms with Crippen LogP contribution in [0.1, 0.15) is 13.3 Å². The van der Waals surface area contributed by atoms with Gasteiger partial charge in [-0.15, -0.1) is 0 Å². The van der Waals surface area contributed by atoms with Crippen LogP contribution in [0.5, 0.6) is 0 Å². The molecule has 1 aromatic heterocycles. The first kappa shape index (κ1) is 15.7. The van der Waals surface area contributed by atoms with Gasteiger partial charge in [0.05, 0.1) is 18.4 Å². The summed E-state index contributed by atoms with van der Waals surface area (Å²) in [5.74, 6) is 0. The number of nitrogens with zero attached hydrogens (tertiary/aromatic N) is 3. The van der Waals surface area contributed by atoms with E-state index in [9.17, 15) is 4.79 Å². The summed E-state index contributed by atoms with van der Waals surface area (Å²) < 4.78 is 6.44. The second kappa shape index (κ2) is 8.66. The molecule has 19 heavy (non-hydrogen) atoms. The molecule has 108 valence electrons. The van der Waals surface area contributed by atoms with Gasteiger partial charge in [-0.25, -0.2) is 4.68 Å². The maximum Gasteiger partial charge on any atom is 0.268 e. The Kier molecular flexibility index (Phi) is 7.14. The Balaban J connectivity index is 2.40. The Morgan fingerprint density at radius 1 is 1.47 bits per heavy atom. The Bertz CT molecular complexity index is 419. The lowest BCUT2D eigenvalue weighted by Crippen LogP contribution is -2.30. The number of hydrogen-bond donors (Lipinski definition) is 1. The fourth-order valence-corrected chi connectivity index (χ4v) is 1.63. The van der Waals surface area contributed by atoms with Crippen LogP contribution in [0.4, 0.5) is 5.69 Å². The molecule has 0 aliphatic carbocycles. The Hall–Kier alpha value is -1.40. The molecule has 0 aromatic carbocycles. The number of aromatic nitrogens is 2. The molecule has 0 fully saturated rings. The number of ether oxygens (including phenoxy) is 1. The average Bonchev–Trinajstić information content (AvgIpc) is 2.43. The molecule has 0 radical (unpaired) electrons. The van der Waals surface area contributed by atoms with Crippen molar-refractivity contribution in [2.24, 2.45) is 0 Å². The predicted molar refractivity (Wildman–Crippen MR) is 76.8 cm³/mol. The van der Waals surface area contributed by atoms with E-state index in [2.05, 4.69) is 10.4 Å². The third-order valence-corrected chi connectivity index (χ3v) is 2.97. The molecule has 1 rings (SSSR count). The molecule has 0 amide bonds. The highest BCUT2D eigenvalue weighted by molar-refractivity contribution is 5.41. The Labute approximate surface area is 114 Å². The van der Waals surface area contributed by atoms with Crippen LogP contribution in [0.2, 0.25) is 0 Å². The SMILES string of the molecule is CCN(C)c1cnn(CCNCCCOC)c(=O)c1. The summed E-state index contributed by atoms with van der Waals surface area (Å²) in [6.07, 6.45) is 2.70. The van der Waals surface area contributed by atoms with Gasteiger partial charge in [0.25, 0.3) is 5.56 Å². The summed E-state index contributed by atoms with van der Waals surface area (Å²) in [7, 11) is 3.64. The number of hydrogen-bond acceptors (Lipinski definition) is 5. The summed E-state index contributed by atoms with van der Waals surface area (Å²) >= 11 is 0. The van der Waals surface area contributed by atoms with E-state index in [4.69, 9.17) is 4.74 Å². The standard InChI is InChI=1S/C13H24N4O2/c1-4-16(2)12-10-13(18)17(15-11-12)8-7-14-6-5-9-19-3/h10-11,14H,4-9H2,1-3H3. The molecule has 6 heteroatoms. The Morgan fingerprint density at radius 2 is 2.26 bits per heavy atom. The third-order valence-electron chi connectivity index (χ3n) is 2.97. The van der Waals surface area contributed by atoms with Crippen LogP contribution in [-0.4, -0.2) is 50.2 Å². The summed E-state index contributed by atoms with van der Waals surface area (Å²) in [6.45, 7) is 5.85. The minimum atomic E-state index is -0.0588. The second-order valence-electron chi connectivity index (χ2n) is 4.39. The van der Waals surface area contributed by atoms with E-state index in [1.54, 1.807) is 19.4 Å². The molecule has 1 heterocycles. The highest BCUT2D eigenvalue weighted by atomic mass is 16.5. The predicted octanol–water partition coefficient (Wildman–Crippen LogP) is 0.326. The van der Waals surface area contributed by atoms with E-state index in [0.717, 1.165) is 38.3 Å². The number of anilines is 1. The molecular formula is C13H24N4O2. The van der Waals surface area contributed by atoms with Crippen LogP contribution in [-0.2, 0) is 11.3 Å². The lowest BCUT2D eigenvalue weighted by molar-refractivity contribution is 0.194. The molecule has 0 atom stereocenters. The fourth-order valence-electron chi connectivity index (χ4n) is 1.63. The third kappa shape index (κ3) is 5.40. The number of methoxy groups -OCH3 is 1. The largest absolute Gasteiger partial charge is 0.385 e. The lowest BCUT2D eigenvalue weighted by Gasteiger charge is -2.16. The molecule has 0 aliphatic heterocycles. The van der Waals surface area contributed by atoms with E-state index < -0.39 is 0 Å². The minimum Gasteiger partial charge on any atom is -0.385 e. The molecular weight excluding hydrogens is 244 g/mol. The van der Waals surface area contributed by atoms with Crippen molar-refractivity contribution in [3.05, 3.63) is 22.6 Å². The molecule has 0 aliphatic rings. The van der Waals surface area contributed by atoms with Gasteiger partial charge in [0.1, 0.15) is 0 Å². The van der Waals surface area contributed by atoms with Gasteiger partial charge in [-0.3, -0.25) is 4.79 Å². The van der Waals surface area contributed by atoms with Crippen LogP contribution < -0.4 is 15.8 Å². The first-order chi connectivity index (χ1) is 9.19. The molecule has 0 saturated carbocycles. The van der Waals surface area contributed by atoms with Crippen molar-refractivity contribution in [3.8, 4) is 0 Å². The highest BCUT2D eigenvalue weighted by Gasteiger charge is 2.02. The lowest BCUT2D eigenvalue weighted by atomic mass is 10.4. The molecule has 1 aromatic rings. The first-order valence-electron chi connectivity index (χ1n) is 6.67. The average molecular weight is 268 g/mol. The molecule has 0 bridgehead atoms. The normalized spacial score (nSPS) is 10.7. The summed E-state index contributed by atoms with van der Waals surface area (Å²) in [5.41, 5.74) is 0.799. The van der Waals surface area contributed by atoms with E-state index in [1.165, 1.54) is 4.68 Å². The van der Waals surface area contributed by atoms with Crippen molar-refractivity contribution in [1.82, 2.24) is 15.1 Å². The van der Waals surface area contributed by atoms with E-state index in [1.807, 2.05) is 18.9 Å². The van der Waals surface area contributed by atoms with Crippen molar-refractivity contribution >= 4 is 5.69 Å². The topological polar surface area (TPSA) is 59.4 Å². The second-order valence-corrected chi connectivity index (χ2v) is 4.39. The van der Waals surface area contributed by atoms with Gasteiger partial charge in [0.2, 0.25) is 0 Å². The summed E-state index contributed by atoms with van der Waals surface area (Å²) in [4.78, 5) is 13.8. The molecule has 6 nitrogen and oxygen atoms in total. The van der Waals surface area contributed by atoms with Crippen LogP contribution in [0.25, 0.3) is 0 Å². The van der Waals surface area contributed by atoms with Gasteiger partial charge >= 0.3 is 0 Å². The van der Waals surface area contributed by atoms with E-state index in [0.29, 0.717) is 6.54 Å². The van der Waals surface area contributed by atoms with E-state index >= 15 is 0 Å². The van der Waals surface area contributed by atoms with Crippen molar-refractivity contribution in [3.63, 3.8) is 0 Å². The van der Waals surface area contributed by atoms with Crippen molar-refractivity contribution < 1.29 is 4.74 Å². The Morgan fingerprint density at radius 3 is 2.89 bits per heavy atom. The van der Waals surface area contributed by atoms with Gasteiger partial charge in [-0.2, -0.15) is 5.10 Å². The van der Waals surface area contributed by atoms with Crippen LogP contribution in [0.3, 0.4) is 0 Å². The van der Waals surface area contributed by atoms with Gasteiger partial charge in [0.15, 0.2) is 0 Å². The number of rotatable bonds is 9. The summed E-state index contributed by atoms with van der Waals surface area (Å²) in [6, 6.07) is 1.63. The fraction of sp³-hybridized carbons (Fsp3) is 0.692. The zero-order chi connectivity index (χ0) is 14.1. The van der Waals surface area contributed by atoms with Crippen molar-refractivity contribution in [2.45, 2.75) is 19.9 Å². The number of nitrogens with one attached hydrogen (secondary N) is 1. The van der Waals surface area contributed by atoms with Gasteiger partial charge in [0, 0.05) is 39.9 Å². The van der Waals surface area contributed by atoms with E-state index in [-0.39, 0.29) is 5.56 Å². The van der Waals surface area contributed by atoms with Crippen molar-refractivity contribution in [2.75, 3.05) is 45.3 Å². The maximum atomic E-state index is 11.9. The van der Waals surface area contributed by atoms with Gasteiger partial charge < -0.3 is 15.0 Å². The first-order valence-corrected chi connectivity index (χ1v) is 6.67. The molecule has 0 saturated heterocycles. The smallest absolute Gasteiger partial charge is 0.268 e. The minimum absolute atomic E-state index is 0.0588. The quantitative estimate of drug-likeness (QED) is 0.654. The molecule has 0 spiro atoms. The zero-order valence-corrected chi connectivity index (χ0v) is 12.1. The summed E-state index contributed by atoms with van der Waals surface area (Å²) in [5, 5.41) is 7.43. The maximum absolute atomic E-state index is 11.9. The molecule has 1 N–H and O–H groups in total. The van der Waals surface area contributed by atoms with Gasteiger partial charge in [-0.05, 0) is 19.9 Å². The zero-order valence-electron chi connectivity index (χ0n) is 12.1. The van der Waals surface area contributed by atoms with Crippen LogP contribution in [0.15, 0.2) is 17.1 Å². The molecule has 0 unspecified atom stereocenters. The van der Waals surface area contributed by atoms with Crippen LogP contribution in [0, 0.1) is 0 Å². The highest BCUT2D eigenvalue weighted by Crippen LogP contribution is 2.05. The van der Waals surface area contributed by atoms with Gasteiger partial charge in [-0.1, -0.05) is 0 Å². The monoisotopic (exact) mass is 268 g/mol.